The number of hydrogen-bond donors (Lipinski definition) is 5. The minimum Gasteiger partial charge on any atom is -0.394 e. The summed E-state index contributed by atoms with van der Waals surface area (Å²) in [6, 6.07) is -1.10. The molecular formula is C8H15NNa2O6. The van der Waals surface area contributed by atoms with Crippen LogP contribution < -0.4 is 5.32 Å². The number of nitrogens with one attached hydrogen (secondary N) is 1. The summed E-state index contributed by atoms with van der Waals surface area (Å²) in [6.07, 6.45) is -5.24. The quantitative estimate of drug-likeness (QED) is 0.327. The maximum Gasteiger partial charge on any atom is 0.217 e. The number of carbonyl (C=O) groups is 1. The maximum atomic E-state index is 10.7. The van der Waals surface area contributed by atoms with Gasteiger partial charge < -0.3 is 30.5 Å². The molecule has 1 heterocycles. The Morgan fingerprint density at radius 1 is 1.24 bits per heavy atom. The van der Waals surface area contributed by atoms with E-state index in [9.17, 15) is 20.1 Å². The van der Waals surface area contributed by atoms with Gasteiger partial charge >= 0.3 is 0 Å². The Morgan fingerprint density at radius 3 is 2.18 bits per heavy atom. The zero-order chi connectivity index (χ0) is 11.6. The SMILES string of the molecule is CC(=O)N[C@H]1C(O)O[C@H](CO)[C@H](O)[C@@H]1O.[Na].[Na]. The van der Waals surface area contributed by atoms with Gasteiger partial charge in [-0.3, -0.25) is 4.79 Å². The standard InChI is InChI=1S/C8H15NO6.2Na/c1-3(11)9-5-7(13)6(12)4(2-10)15-8(5)14;;/h4-8,10,12-14H,2H2,1H3,(H,9,11);;/t4-,5-,6+,7-,8?;;/m1../s1. The topological polar surface area (TPSA) is 119 Å². The fourth-order valence-electron chi connectivity index (χ4n) is 1.49. The number of aliphatic hydroxyl groups is 4. The molecule has 7 nitrogen and oxygen atoms in total. The Labute approximate surface area is 143 Å². The Kier molecular flexibility index (Phi) is 11.2. The van der Waals surface area contributed by atoms with Gasteiger partial charge in [0, 0.05) is 66.0 Å². The first kappa shape index (κ1) is 20.6. The van der Waals surface area contributed by atoms with E-state index in [4.69, 9.17) is 9.84 Å². The van der Waals surface area contributed by atoms with Crippen LogP contribution in [0.3, 0.4) is 0 Å². The molecule has 1 aliphatic rings. The predicted molar refractivity (Wildman–Crippen MR) is 59.1 cm³/mol. The Bertz CT molecular complexity index is 244. The van der Waals surface area contributed by atoms with Crippen molar-refractivity contribution in [3.63, 3.8) is 0 Å². The van der Waals surface area contributed by atoms with Gasteiger partial charge in [0.2, 0.25) is 5.91 Å². The Hall–Kier alpha value is 1.27. The van der Waals surface area contributed by atoms with Gasteiger partial charge in [0.1, 0.15) is 24.4 Å². The first-order chi connectivity index (χ1) is 6.97. The van der Waals surface area contributed by atoms with Crippen molar-refractivity contribution in [1.29, 1.82) is 0 Å². The Balaban J connectivity index is 0. The van der Waals surface area contributed by atoms with E-state index in [-0.39, 0.29) is 59.1 Å². The van der Waals surface area contributed by atoms with E-state index in [0.717, 1.165) is 0 Å². The molecule has 0 bridgehead atoms. The molecule has 1 fully saturated rings. The molecule has 5 N–H and O–H groups in total. The fourth-order valence-corrected chi connectivity index (χ4v) is 1.49. The van der Waals surface area contributed by atoms with Crippen LogP contribution in [0.5, 0.6) is 0 Å². The molecule has 17 heavy (non-hydrogen) atoms. The molecule has 1 unspecified atom stereocenters. The number of aliphatic hydroxyl groups excluding tert-OH is 4. The van der Waals surface area contributed by atoms with E-state index in [2.05, 4.69) is 5.32 Å². The van der Waals surface area contributed by atoms with Crippen LogP contribution in [0.15, 0.2) is 0 Å². The third-order valence-electron chi connectivity index (χ3n) is 2.27. The summed E-state index contributed by atoms with van der Waals surface area (Å²) in [5.74, 6) is -0.462. The summed E-state index contributed by atoms with van der Waals surface area (Å²) in [6.45, 7) is 0.687. The summed E-state index contributed by atoms with van der Waals surface area (Å²) >= 11 is 0. The van der Waals surface area contributed by atoms with E-state index >= 15 is 0 Å². The first-order valence-corrected chi connectivity index (χ1v) is 4.55. The molecule has 9 heteroatoms. The largest absolute Gasteiger partial charge is 0.394 e. The van der Waals surface area contributed by atoms with E-state index in [1.165, 1.54) is 6.92 Å². The predicted octanol–water partition coefficient (Wildman–Crippen LogP) is -3.84. The van der Waals surface area contributed by atoms with E-state index in [0.29, 0.717) is 0 Å². The van der Waals surface area contributed by atoms with Gasteiger partial charge in [0.05, 0.1) is 6.61 Å². The van der Waals surface area contributed by atoms with Crippen LogP contribution in [0.1, 0.15) is 6.92 Å². The van der Waals surface area contributed by atoms with Crippen molar-refractivity contribution in [3.8, 4) is 0 Å². The van der Waals surface area contributed by atoms with Gasteiger partial charge in [-0.1, -0.05) is 0 Å². The molecule has 5 atom stereocenters. The molecule has 2 radical (unpaired) electrons. The average Bonchev–Trinajstić information content (AvgIpc) is 2.18. The molecule has 0 saturated carbocycles. The number of carbonyl (C=O) groups excluding carboxylic acids is 1. The average molecular weight is 267 g/mol. The number of hydrogen-bond acceptors (Lipinski definition) is 6. The monoisotopic (exact) mass is 267 g/mol. The van der Waals surface area contributed by atoms with Crippen LogP contribution >= 0.6 is 0 Å². The summed E-state index contributed by atoms with van der Waals surface area (Å²) in [5, 5.41) is 39.4. The van der Waals surface area contributed by atoms with Crippen LogP contribution in [0.4, 0.5) is 0 Å². The normalized spacial score (nSPS) is 36.4. The minimum absolute atomic E-state index is 0. The van der Waals surface area contributed by atoms with Crippen molar-refractivity contribution in [2.24, 2.45) is 0 Å². The van der Waals surface area contributed by atoms with Crippen molar-refractivity contribution in [1.82, 2.24) is 5.32 Å². The molecule has 0 aromatic heterocycles. The van der Waals surface area contributed by atoms with Crippen LogP contribution in [0.25, 0.3) is 0 Å². The van der Waals surface area contributed by atoms with Crippen molar-refractivity contribution in [3.05, 3.63) is 0 Å². The smallest absolute Gasteiger partial charge is 0.217 e. The molecule has 0 aromatic rings. The molecule has 90 valence electrons. The van der Waals surface area contributed by atoms with E-state index in [1.807, 2.05) is 0 Å². The Morgan fingerprint density at radius 2 is 1.76 bits per heavy atom. The van der Waals surface area contributed by atoms with Gasteiger partial charge in [-0.15, -0.1) is 0 Å². The fraction of sp³-hybridized carbons (Fsp3) is 0.875. The van der Waals surface area contributed by atoms with Crippen molar-refractivity contribution in [2.75, 3.05) is 6.61 Å². The van der Waals surface area contributed by atoms with Gasteiger partial charge in [0.15, 0.2) is 6.29 Å². The summed E-state index contributed by atoms with van der Waals surface area (Å²) in [5.41, 5.74) is 0. The second-order valence-electron chi connectivity index (χ2n) is 3.46. The van der Waals surface area contributed by atoms with Crippen molar-refractivity contribution in [2.45, 2.75) is 37.6 Å². The molecule has 1 aliphatic heterocycles. The number of ether oxygens (including phenoxy) is 1. The molecule has 0 aliphatic carbocycles. The summed E-state index contributed by atoms with van der Waals surface area (Å²) in [7, 11) is 0. The molecule has 0 spiro atoms. The molecule has 1 saturated heterocycles. The first-order valence-electron chi connectivity index (χ1n) is 4.55. The van der Waals surface area contributed by atoms with Crippen molar-refractivity contribution >= 4 is 65.0 Å². The zero-order valence-corrected chi connectivity index (χ0v) is 14.2. The third-order valence-corrected chi connectivity index (χ3v) is 2.27. The van der Waals surface area contributed by atoms with Gasteiger partial charge in [-0.05, 0) is 0 Å². The number of amides is 1. The zero-order valence-electron chi connectivity index (χ0n) is 10.2. The van der Waals surface area contributed by atoms with Gasteiger partial charge in [0.25, 0.3) is 0 Å². The van der Waals surface area contributed by atoms with Crippen LogP contribution in [-0.2, 0) is 9.53 Å². The maximum absolute atomic E-state index is 10.7. The molecule has 1 amide bonds. The second kappa shape index (κ2) is 9.22. The van der Waals surface area contributed by atoms with Crippen LogP contribution in [0.2, 0.25) is 0 Å². The second-order valence-corrected chi connectivity index (χ2v) is 3.46. The van der Waals surface area contributed by atoms with E-state index < -0.39 is 43.2 Å². The third kappa shape index (κ3) is 5.42. The molecule has 1 rings (SSSR count). The summed E-state index contributed by atoms with van der Waals surface area (Å²) in [4.78, 5) is 10.7. The molecular weight excluding hydrogens is 252 g/mol. The van der Waals surface area contributed by atoms with Gasteiger partial charge in [-0.2, -0.15) is 0 Å². The number of rotatable bonds is 2. The van der Waals surface area contributed by atoms with Gasteiger partial charge in [-0.25, -0.2) is 0 Å². The van der Waals surface area contributed by atoms with Crippen LogP contribution in [0, 0.1) is 0 Å². The van der Waals surface area contributed by atoms with Crippen molar-refractivity contribution < 1.29 is 30.0 Å². The van der Waals surface area contributed by atoms with Crippen LogP contribution in [-0.4, -0.2) is 123 Å². The molecule has 0 aromatic carbocycles. The van der Waals surface area contributed by atoms with E-state index in [1.54, 1.807) is 0 Å². The summed E-state index contributed by atoms with van der Waals surface area (Å²) < 4.78 is 4.81. The minimum atomic E-state index is -1.45.